The molecule has 3 heterocycles. The molecule has 8 nitrogen and oxygen atoms in total. The number of piperazine rings is 1. The molecule has 1 aliphatic heterocycles. The third-order valence-corrected chi connectivity index (χ3v) is 6.08. The molecule has 11 heteroatoms. The average Bonchev–Trinajstić information content (AvgIpc) is 2.82. The van der Waals surface area contributed by atoms with Crippen molar-refractivity contribution in [3.63, 3.8) is 0 Å². The lowest BCUT2D eigenvalue weighted by atomic mass is 10.1. The van der Waals surface area contributed by atoms with Crippen molar-refractivity contribution in [1.82, 2.24) is 14.5 Å². The molecule has 0 spiro atoms. The molecule has 0 radical (unpaired) electrons. The smallest absolute Gasteiger partial charge is 0.405 e. The van der Waals surface area contributed by atoms with E-state index in [1.54, 1.807) is 25.2 Å². The molecule has 0 aliphatic carbocycles. The molecule has 0 unspecified atom stereocenters. The quantitative estimate of drug-likeness (QED) is 0.524. The van der Waals surface area contributed by atoms with Gasteiger partial charge in [-0.1, -0.05) is 24.8 Å². The normalized spacial score (nSPS) is 16.7. The number of para-hydroxylation sites is 1. The highest BCUT2D eigenvalue weighted by atomic mass is 19.4. The van der Waals surface area contributed by atoms with Gasteiger partial charge in [-0.05, 0) is 25.1 Å². The molecular formula is C24H21F3N6O2. The fraction of sp³-hybridized carbons (Fsp3) is 0.333. The minimum absolute atomic E-state index is 0.0563. The summed E-state index contributed by atoms with van der Waals surface area (Å²) in [6.45, 7) is 10.7. The van der Waals surface area contributed by atoms with Crippen LogP contribution in [0.3, 0.4) is 0 Å². The van der Waals surface area contributed by atoms with E-state index in [0.717, 1.165) is 0 Å². The number of rotatable bonds is 4. The molecule has 1 atom stereocenters. The summed E-state index contributed by atoms with van der Waals surface area (Å²) in [5, 5.41) is 9.78. The minimum Gasteiger partial charge on any atom is -0.405 e. The van der Waals surface area contributed by atoms with Crippen LogP contribution in [-0.2, 0) is 13.6 Å². The number of nitrogens with zero attached hydrogens (tertiary/aromatic N) is 6. The second-order valence-corrected chi connectivity index (χ2v) is 8.27. The van der Waals surface area contributed by atoms with Gasteiger partial charge < -0.3 is 19.0 Å². The Balaban J connectivity index is 1.66. The van der Waals surface area contributed by atoms with E-state index in [1.807, 2.05) is 22.8 Å². The molecule has 3 aromatic rings. The van der Waals surface area contributed by atoms with Gasteiger partial charge in [0.25, 0.3) is 11.4 Å². The van der Waals surface area contributed by atoms with E-state index in [0.29, 0.717) is 41.9 Å². The lowest BCUT2D eigenvalue weighted by Crippen LogP contribution is -2.52. The topological polar surface area (TPSA) is 78.8 Å². The van der Waals surface area contributed by atoms with Crippen LogP contribution in [0.15, 0.2) is 41.2 Å². The Hall–Kier alpha value is -4.09. The summed E-state index contributed by atoms with van der Waals surface area (Å²) in [4.78, 5) is 24.6. The molecule has 180 valence electrons. The molecule has 0 N–H and O–H groups in total. The van der Waals surface area contributed by atoms with Crippen LogP contribution >= 0.6 is 0 Å². The van der Waals surface area contributed by atoms with Crippen LogP contribution in [0.4, 0.5) is 24.7 Å². The Morgan fingerprint density at radius 3 is 2.66 bits per heavy atom. The summed E-state index contributed by atoms with van der Waals surface area (Å²) in [5.74, 6) is -0.0935. The average molecular weight is 482 g/mol. The molecule has 0 saturated carbocycles. The van der Waals surface area contributed by atoms with E-state index in [9.17, 15) is 23.2 Å². The van der Waals surface area contributed by atoms with Crippen LogP contribution < -0.4 is 15.2 Å². The van der Waals surface area contributed by atoms with Crippen LogP contribution in [0.25, 0.3) is 15.9 Å². The fourth-order valence-electron chi connectivity index (χ4n) is 4.36. The van der Waals surface area contributed by atoms with E-state index in [4.69, 9.17) is 6.57 Å². The van der Waals surface area contributed by atoms with Gasteiger partial charge in [-0.3, -0.25) is 9.69 Å². The number of halogens is 3. The first-order valence-corrected chi connectivity index (χ1v) is 10.8. The maximum atomic E-state index is 12.9. The molecule has 2 aromatic heterocycles. The molecule has 0 amide bonds. The van der Waals surface area contributed by atoms with Gasteiger partial charge in [0.1, 0.15) is 23.1 Å². The van der Waals surface area contributed by atoms with Crippen molar-refractivity contribution in [3.8, 4) is 11.8 Å². The Bertz CT molecular complexity index is 1420. The summed E-state index contributed by atoms with van der Waals surface area (Å²) >= 11 is 0. The number of anilines is 1. The Kier molecular flexibility index (Phi) is 6.37. The number of benzene rings is 1. The molecule has 35 heavy (non-hydrogen) atoms. The zero-order valence-electron chi connectivity index (χ0n) is 19.0. The zero-order chi connectivity index (χ0) is 25.3. The van der Waals surface area contributed by atoms with Crippen LogP contribution in [0, 0.1) is 17.9 Å². The first-order chi connectivity index (χ1) is 16.6. The molecule has 0 bridgehead atoms. The van der Waals surface area contributed by atoms with E-state index in [-0.39, 0.29) is 29.7 Å². The molecular weight excluding hydrogens is 461 g/mol. The standard InChI is InChI=1S/C24H21F3N6O2/c1-15-13-33(11-10-32(15)14-16-6-4-5-7-19(16)35-24(25,26)27)22-17(12-28)23(34)31(3)18-8-9-20(29-2)30-21(18)22/h4-9,15H,10-11,13-14H2,1,3H3/t15-/m1/s1. The van der Waals surface area contributed by atoms with E-state index < -0.39 is 11.9 Å². The lowest BCUT2D eigenvalue weighted by molar-refractivity contribution is -0.275. The van der Waals surface area contributed by atoms with Crippen LogP contribution in [-0.4, -0.2) is 46.5 Å². The second-order valence-electron chi connectivity index (χ2n) is 8.27. The molecule has 1 saturated heterocycles. The zero-order valence-corrected chi connectivity index (χ0v) is 19.0. The molecule has 1 fully saturated rings. The maximum Gasteiger partial charge on any atom is 0.573 e. The number of pyridine rings is 2. The number of alkyl halides is 3. The Morgan fingerprint density at radius 2 is 2.00 bits per heavy atom. The monoisotopic (exact) mass is 482 g/mol. The van der Waals surface area contributed by atoms with E-state index in [2.05, 4.69) is 14.6 Å². The second kappa shape index (κ2) is 9.28. The largest absolute Gasteiger partial charge is 0.573 e. The Labute approximate surface area is 199 Å². The van der Waals surface area contributed by atoms with Crippen molar-refractivity contribution in [2.45, 2.75) is 25.9 Å². The van der Waals surface area contributed by atoms with Crippen LogP contribution in [0.5, 0.6) is 5.75 Å². The van der Waals surface area contributed by atoms with Gasteiger partial charge in [0, 0.05) is 44.8 Å². The highest BCUT2D eigenvalue weighted by Gasteiger charge is 2.33. The number of aryl methyl sites for hydroxylation is 1. The predicted octanol–water partition coefficient (Wildman–Crippen LogP) is 3.97. The number of ether oxygens (including phenoxy) is 1. The lowest BCUT2D eigenvalue weighted by Gasteiger charge is -2.41. The summed E-state index contributed by atoms with van der Waals surface area (Å²) in [6, 6.07) is 11.1. The first-order valence-electron chi connectivity index (χ1n) is 10.8. The van der Waals surface area contributed by atoms with Crippen molar-refractivity contribution in [1.29, 1.82) is 5.26 Å². The maximum absolute atomic E-state index is 12.9. The SMILES string of the molecule is [C-]#[N+]c1ccc2c(n1)c(N1CCN(Cc3ccccc3OC(F)(F)F)[C@H](C)C1)c(C#N)c(=O)n2C. The van der Waals surface area contributed by atoms with Gasteiger partial charge >= 0.3 is 6.36 Å². The third kappa shape index (κ3) is 4.77. The molecule has 4 rings (SSSR count). The summed E-state index contributed by atoms with van der Waals surface area (Å²) < 4.78 is 44.0. The fourth-order valence-corrected chi connectivity index (χ4v) is 4.36. The number of hydrogen-bond donors (Lipinski definition) is 0. The van der Waals surface area contributed by atoms with Crippen LogP contribution in [0.1, 0.15) is 18.1 Å². The number of nitriles is 1. The minimum atomic E-state index is -4.79. The summed E-state index contributed by atoms with van der Waals surface area (Å²) in [7, 11) is 1.55. The highest BCUT2D eigenvalue weighted by molar-refractivity contribution is 5.92. The predicted molar refractivity (Wildman–Crippen MR) is 123 cm³/mol. The van der Waals surface area contributed by atoms with Gasteiger partial charge in [-0.25, -0.2) is 0 Å². The van der Waals surface area contributed by atoms with E-state index in [1.165, 1.54) is 22.8 Å². The first kappa shape index (κ1) is 24.0. The third-order valence-electron chi connectivity index (χ3n) is 6.08. The summed E-state index contributed by atoms with van der Waals surface area (Å²) in [6.07, 6.45) is -4.79. The van der Waals surface area contributed by atoms with Crippen molar-refractivity contribution in [2.75, 3.05) is 24.5 Å². The number of fused-ring (bicyclic) bond motifs is 1. The highest BCUT2D eigenvalue weighted by Crippen LogP contribution is 2.32. The molecule has 1 aliphatic rings. The summed E-state index contributed by atoms with van der Waals surface area (Å²) in [5.41, 5.74) is 1.17. The van der Waals surface area contributed by atoms with Crippen molar-refractivity contribution < 1.29 is 17.9 Å². The van der Waals surface area contributed by atoms with E-state index >= 15 is 0 Å². The Morgan fingerprint density at radius 1 is 1.26 bits per heavy atom. The van der Waals surface area contributed by atoms with Crippen molar-refractivity contribution in [3.05, 3.63) is 69.3 Å². The number of aromatic nitrogens is 2. The van der Waals surface area contributed by atoms with Crippen LogP contribution in [0.2, 0.25) is 0 Å². The van der Waals surface area contributed by atoms with Crippen molar-refractivity contribution >= 4 is 22.5 Å². The van der Waals surface area contributed by atoms with Crippen molar-refractivity contribution in [2.24, 2.45) is 7.05 Å². The number of hydrogen-bond acceptors (Lipinski definition) is 6. The van der Waals surface area contributed by atoms with Gasteiger partial charge in [0.15, 0.2) is 0 Å². The van der Waals surface area contributed by atoms with Gasteiger partial charge in [0.2, 0.25) is 5.52 Å². The van der Waals surface area contributed by atoms with Gasteiger partial charge in [-0.15, -0.1) is 18.2 Å². The van der Waals surface area contributed by atoms with Gasteiger partial charge in [-0.2, -0.15) is 5.26 Å². The van der Waals surface area contributed by atoms with Gasteiger partial charge in [0.05, 0.1) is 5.52 Å². The molecule has 1 aromatic carbocycles.